The summed E-state index contributed by atoms with van der Waals surface area (Å²) < 4.78 is 2.12. The van der Waals surface area contributed by atoms with E-state index in [4.69, 9.17) is 0 Å². The van der Waals surface area contributed by atoms with Crippen molar-refractivity contribution in [3.05, 3.63) is 77.9 Å². The second-order valence-corrected chi connectivity index (χ2v) is 7.95. The molecule has 1 aliphatic heterocycles. The number of rotatable bonds is 6. The number of carbonyl (C=O) groups is 1. The minimum atomic E-state index is -0.892. The molecule has 150 valence electrons. The Bertz CT molecular complexity index is 978. The molecule has 1 N–H and O–H groups in total. The molecule has 2 aromatic carbocycles. The topological polar surface area (TPSA) is 58.4 Å². The number of likely N-dealkylation sites (tertiary alicyclic amines) is 1. The van der Waals surface area contributed by atoms with E-state index in [1.165, 1.54) is 24.2 Å². The van der Waals surface area contributed by atoms with Crippen LogP contribution in [0.3, 0.4) is 0 Å². The minimum absolute atomic E-state index is 0.341. The van der Waals surface area contributed by atoms with Crippen LogP contribution in [0.4, 0.5) is 0 Å². The normalized spacial score (nSPS) is 17.3. The molecule has 0 bridgehead atoms. The number of carboxylic acid groups (broad SMARTS) is 1. The van der Waals surface area contributed by atoms with Gasteiger partial charge in [-0.2, -0.15) is 0 Å². The molecule has 2 heterocycles. The van der Waals surface area contributed by atoms with Crippen LogP contribution in [-0.2, 0) is 20.0 Å². The second-order valence-electron chi connectivity index (χ2n) is 7.95. The third-order valence-electron chi connectivity index (χ3n) is 5.82. The molecule has 0 radical (unpaired) electrons. The predicted molar refractivity (Wildman–Crippen MR) is 114 cm³/mol. The van der Waals surface area contributed by atoms with Crippen LogP contribution in [0.25, 0.3) is 11.1 Å². The van der Waals surface area contributed by atoms with E-state index in [2.05, 4.69) is 33.6 Å². The molecular weight excluding hydrogens is 362 g/mol. The van der Waals surface area contributed by atoms with Gasteiger partial charge in [0.05, 0.1) is 5.56 Å². The number of benzene rings is 2. The molecule has 0 aliphatic carbocycles. The monoisotopic (exact) mass is 389 g/mol. The van der Waals surface area contributed by atoms with E-state index in [9.17, 15) is 9.90 Å². The van der Waals surface area contributed by atoms with Crippen molar-refractivity contribution < 1.29 is 9.90 Å². The zero-order valence-corrected chi connectivity index (χ0v) is 16.8. The first-order chi connectivity index (χ1) is 14.1. The summed E-state index contributed by atoms with van der Waals surface area (Å²) in [4.78, 5) is 18.5. The molecule has 5 nitrogen and oxygen atoms in total. The molecule has 1 fully saturated rings. The van der Waals surface area contributed by atoms with E-state index in [-0.39, 0.29) is 0 Å². The molecule has 5 heteroatoms. The molecule has 0 spiro atoms. The molecule has 0 amide bonds. The fourth-order valence-electron chi connectivity index (χ4n) is 4.28. The number of imidazole rings is 1. The molecule has 1 saturated heterocycles. The fraction of sp³-hybridized carbons (Fsp3) is 0.333. The first-order valence-corrected chi connectivity index (χ1v) is 10.2. The van der Waals surface area contributed by atoms with Gasteiger partial charge in [0.15, 0.2) is 0 Å². The van der Waals surface area contributed by atoms with Crippen molar-refractivity contribution in [1.82, 2.24) is 14.5 Å². The van der Waals surface area contributed by atoms with E-state index >= 15 is 0 Å². The SMILES string of the molecule is Cn1ccnc1C[C@@H]1CCCN(Cc2ccc(-c3ccccc3C(=O)O)cc2)C1. The summed E-state index contributed by atoms with van der Waals surface area (Å²) in [7, 11) is 2.06. The highest BCUT2D eigenvalue weighted by Crippen LogP contribution is 2.26. The van der Waals surface area contributed by atoms with E-state index < -0.39 is 5.97 Å². The van der Waals surface area contributed by atoms with Gasteiger partial charge in [-0.25, -0.2) is 9.78 Å². The van der Waals surface area contributed by atoms with Gasteiger partial charge in [-0.1, -0.05) is 42.5 Å². The first kappa shape index (κ1) is 19.4. The Balaban J connectivity index is 1.41. The largest absolute Gasteiger partial charge is 0.478 e. The second kappa shape index (κ2) is 8.62. The van der Waals surface area contributed by atoms with Crippen LogP contribution in [0.1, 0.15) is 34.6 Å². The maximum atomic E-state index is 11.5. The maximum Gasteiger partial charge on any atom is 0.336 e. The van der Waals surface area contributed by atoms with Gasteiger partial charge in [0.1, 0.15) is 5.82 Å². The van der Waals surface area contributed by atoms with Crippen LogP contribution in [-0.4, -0.2) is 38.6 Å². The van der Waals surface area contributed by atoms with Gasteiger partial charge in [-0.15, -0.1) is 0 Å². The van der Waals surface area contributed by atoms with Crippen molar-refractivity contribution in [2.45, 2.75) is 25.8 Å². The molecule has 1 aliphatic rings. The summed E-state index contributed by atoms with van der Waals surface area (Å²) in [5, 5.41) is 9.42. The van der Waals surface area contributed by atoms with Crippen LogP contribution in [0, 0.1) is 5.92 Å². The summed E-state index contributed by atoms with van der Waals surface area (Å²) in [5.74, 6) is 0.918. The fourth-order valence-corrected chi connectivity index (χ4v) is 4.28. The van der Waals surface area contributed by atoms with Crippen LogP contribution in [0.15, 0.2) is 60.9 Å². The van der Waals surface area contributed by atoms with Gasteiger partial charge >= 0.3 is 5.97 Å². The van der Waals surface area contributed by atoms with Crippen LogP contribution < -0.4 is 0 Å². The lowest BCUT2D eigenvalue weighted by atomic mass is 9.94. The molecule has 0 saturated carbocycles. The summed E-state index contributed by atoms with van der Waals surface area (Å²) in [6.07, 6.45) is 7.40. The molecule has 1 aromatic heterocycles. The maximum absolute atomic E-state index is 11.5. The van der Waals surface area contributed by atoms with Crippen molar-refractivity contribution in [3.8, 4) is 11.1 Å². The van der Waals surface area contributed by atoms with Crippen LogP contribution in [0.5, 0.6) is 0 Å². The van der Waals surface area contributed by atoms with Crippen LogP contribution in [0.2, 0.25) is 0 Å². The minimum Gasteiger partial charge on any atom is -0.478 e. The van der Waals surface area contributed by atoms with Gasteiger partial charge in [-0.05, 0) is 48.1 Å². The lowest BCUT2D eigenvalue weighted by Crippen LogP contribution is -2.36. The summed E-state index contributed by atoms with van der Waals surface area (Å²) in [6.45, 7) is 3.15. The summed E-state index contributed by atoms with van der Waals surface area (Å²) in [5.41, 5.74) is 3.31. The number of aromatic carboxylic acids is 1. The number of aryl methyl sites for hydroxylation is 1. The lowest BCUT2D eigenvalue weighted by molar-refractivity contribution is 0.0697. The van der Waals surface area contributed by atoms with Gasteiger partial charge < -0.3 is 9.67 Å². The zero-order chi connectivity index (χ0) is 20.2. The van der Waals surface area contributed by atoms with Crippen molar-refractivity contribution in [3.63, 3.8) is 0 Å². The van der Waals surface area contributed by atoms with E-state index in [0.29, 0.717) is 11.5 Å². The van der Waals surface area contributed by atoms with Crippen molar-refractivity contribution in [2.75, 3.05) is 13.1 Å². The Labute approximate surface area is 171 Å². The number of hydrogen-bond donors (Lipinski definition) is 1. The van der Waals surface area contributed by atoms with Crippen LogP contribution >= 0.6 is 0 Å². The average molecular weight is 389 g/mol. The van der Waals surface area contributed by atoms with E-state index in [1.807, 2.05) is 36.7 Å². The average Bonchev–Trinajstić information content (AvgIpc) is 3.13. The van der Waals surface area contributed by atoms with Crippen molar-refractivity contribution >= 4 is 5.97 Å². The summed E-state index contributed by atoms with van der Waals surface area (Å²) in [6, 6.07) is 15.5. The molecule has 0 unspecified atom stereocenters. The highest BCUT2D eigenvalue weighted by Gasteiger charge is 2.21. The number of hydrogen-bond acceptors (Lipinski definition) is 3. The Morgan fingerprint density at radius 3 is 2.69 bits per heavy atom. The quantitative estimate of drug-likeness (QED) is 0.685. The van der Waals surface area contributed by atoms with Gasteiger partial charge in [-0.3, -0.25) is 4.90 Å². The third-order valence-corrected chi connectivity index (χ3v) is 5.82. The highest BCUT2D eigenvalue weighted by atomic mass is 16.4. The highest BCUT2D eigenvalue weighted by molar-refractivity contribution is 5.95. The molecule has 29 heavy (non-hydrogen) atoms. The molecule has 4 rings (SSSR count). The number of piperidine rings is 1. The molecule has 3 aromatic rings. The molecule has 1 atom stereocenters. The summed E-state index contributed by atoms with van der Waals surface area (Å²) >= 11 is 0. The lowest BCUT2D eigenvalue weighted by Gasteiger charge is -2.32. The Kier molecular flexibility index (Phi) is 5.76. The van der Waals surface area contributed by atoms with Gasteiger partial charge in [0, 0.05) is 39.0 Å². The van der Waals surface area contributed by atoms with Gasteiger partial charge in [0.2, 0.25) is 0 Å². The Morgan fingerprint density at radius 1 is 1.17 bits per heavy atom. The number of carboxylic acids is 1. The molecular formula is C24H27N3O2. The van der Waals surface area contributed by atoms with E-state index in [1.54, 1.807) is 12.1 Å². The predicted octanol–water partition coefficient (Wildman–Crippen LogP) is 4.24. The first-order valence-electron chi connectivity index (χ1n) is 10.2. The van der Waals surface area contributed by atoms with E-state index in [0.717, 1.165) is 37.2 Å². The van der Waals surface area contributed by atoms with Crippen molar-refractivity contribution in [2.24, 2.45) is 13.0 Å². The zero-order valence-electron chi connectivity index (χ0n) is 16.8. The third kappa shape index (κ3) is 4.57. The Hall–Kier alpha value is -2.92. The standard InChI is InChI=1S/C24H27N3O2/c1-26-14-12-25-23(26)15-19-5-4-13-27(17-19)16-18-8-10-20(11-9-18)21-6-2-3-7-22(21)24(28)29/h2-3,6-12,14,19H,4-5,13,15-17H2,1H3,(H,28,29)/t19-/m0/s1. The van der Waals surface area contributed by atoms with Gasteiger partial charge in [0.25, 0.3) is 0 Å². The smallest absolute Gasteiger partial charge is 0.336 e. The number of nitrogens with zero attached hydrogens (tertiary/aromatic N) is 3. The Morgan fingerprint density at radius 2 is 1.97 bits per heavy atom. The number of aromatic nitrogens is 2. The van der Waals surface area contributed by atoms with Crippen molar-refractivity contribution in [1.29, 1.82) is 0 Å².